The number of nitrogens with one attached hydrogen (secondary N) is 1. The van der Waals surface area contributed by atoms with E-state index in [-0.39, 0.29) is 6.03 Å². The molecule has 0 spiro atoms. The molecule has 2 amide bonds. The van der Waals surface area contributed by atoms with Crippen molar-refractivity contribution >= 4 is 6.03 Å². The van der Waals surface area contributed by atoms with Crippen LogP contribution in [0.25, 0.3) is 0 Å². The molecule has 0 bridgehead atoms. The quantitative estimate of drug-likeness (QED) is 0.717. The molecule has 1 saturated heterocycles. The molecule has 4 nitrogen and oxygen atoms in total. The van der Waals surface area contributed by atoms with E-state index in [4.69, 9.17) is 5.73 Å². The minimum Gasteiger partial charge on any atom is -0.351 e. The van der Waals surface area contributed by atoms with Crippen molar-refractivity contribution in [2.45, 2.75) is 50.6 Å². The molecule has 3 N–H and O–H groups in total. The summed E-state index contributed by atoms with van der Waals surface area (Å²) in [5, 5.41) is 3.70. The number of likely N-dealkylation sites (tertiary alicyclic amines) is 1. The Hall–Kier alpha value is -0.770. The molecule has 0 unspecified atom stereocenters. The molecule has 2 fully saturated rings. The second-order valence-corrected chi connectivity index (χ2v) is 4.75. The summed E-state index contributed by atoms with van der Waals surface area (Å²) < 4.78 is 0. The van der Waals surface area contributed by atoms with E-state index in [0.717, 1.165) is 32.0 Å². The summed E-state index contributed by atoms with van der Waals surface area (Å²) in [6.07, 6.45) is 7.51. The van der Waals surface area contributed by atoms with E-state index in [0.29, 0.717) is 6.04 Å². The Bertz CT molecular complexity index is 218. The van der Waals surface area contributed by atoms with Gasteiger partial charge in [-0.1, -0.05) is 12.8 Å². The number of nitrogens with zero attached hydrogens (tertiary/aromatic N) is 1. The average Bonchev–Trinajstić information content (AvgIpc) is 2.71. The van der Waals surface area contributed by atoms with Crippen LogP contribution in [0.1, 0.15) is 38.5 Å². The Morgan fingerprint density at radius 2 is 1.60 bits per heavy atom. The van der Waals surface area contributed by atoms with Crippen LogP contribution < -0.4 is 11.1 Å². The summed E-state index contributed by atoms with van der Waals surface area (Å²) in [5.41, 5.74) is 5.24. The molecule has 1 aliphatic carbocycles. The van der Waals surface area contributed by atoms with Gasteiger partial charge in [0.05, 0.1) is 0 Å². The lowest BCUT2D eigenvalue weighted by Gasteiger charge is -2.32. The number of amides is 2. The van der Waals surface area contributed by atoms with Gasteiger partial charge in [0.1, 0.15) is 0 Å². The highest BCUT2D eigenvalue weighted by Crippen LogP contribution is 2.20. The van der Waals surface area contributed by atoms with Crippen LogP contribution in [-0.2, 0) is 0 Å². The fourth-order valence-electron chi connectivity index (χ4n) is 2.69. The van der Waals surface area contributed by atoms with Gasteiger partial charge >= 0.3 is 6.03 Å². The lowest BCUT2D eigenvalue weighted by Crippen LogP contribution is -2.48. The summed E-state index contributed by atoms with van der Waals surface area (Å²) in [5.74, 6) is 0. The first-order chi connectivity index (χ1) is 7.25. The predicted octanol–water partition coefficient (Wildman–Crippen LogP) is 1.06. The number of carbonyl (C=O) groups is 1. The largest absolute Gasteiger partial charge is 0.351 e. The highest BCUT2D eigenvalue weighted by atomic mass is 16.2. The Kier molecular flexibility index (Phi) is 3.46. The van der Waals surface area contributed by atoms with E-state index in [9.17, 15) is 4.79 Å². The van der Waals surface area contributed by atoms with Crippen LogP contribution in [-0.4, -0.2) is 36.1 Å². The number of carbonyl (C=O) groups excluding carboxylic acids is 1. The number of rotatable bonds is 2. The topological polar surface area (TPSA) is 58.4 Å². The van der Waals surface area contributed by atoms with Crippen molar-refractivity contribution in [2.75, 3.05) is 13.1 Å². The lowest BCUT2D eigenvalue weighted by molar-refractivity contribution is 0.182. The molecule has 4 heteroatoms. The van der Waals surface area contributed by atoms with Gasteiger partial charge in [-0.15, -0.1) is 0 Å². The third-order valence-electron chi connectivity index (χ3n) is 3.63. The van der Waals surface area contributed by atoms with Crippen LogP contribution in [0.15, 0.2) is 0 Å². The van der Waals surface area contributed by atoms with Crippen molar-refractivity contribution in [1.29, 1.82) is 0 Å². The second kappa shape index (κ2) is 4.84. The van der Waals surface area contributed by atoms with E-state index in [1.165, 1.54) is 25.7 Å². The zero-order valence-corrected chi connectivity index (χ0v) is 9.24. The van der Waals surface area contributed by atoms with Crippen LogP contribution in [0.5, 0.6) is 0 Å². The van der Waals surface area contributed by atoms with E-state index < -0.39 is 0 Å². The van der Waals surface area contributed by atoms with Gasteiger partial charge in [0, 0.05) is 25.2 Å². The van der Waals surface area contributed by atoms with Crippen LogP contribution in [0.2, 0.25) is 0 Å². The Labute approximate surface area is 91.2 Å². The second-order valence-electron chi connectivity index (χ2n) is 4.75. The average molecular weight is 211 g/mol. The van der Waals surface area contributed by atoms with Crippen LogP contribution >= 0.6 is 0 Å². The van der Waals surface area contributed by atoms with Gasteiger partial charge in [0.15, 0.2) is 0 Å². The smallest absolute Gasteiger partial charge is 0.314 e. The van der Waals surface area contributed by atoms with Gasteiger partial charge in [-0.2, -0.15) is 0 Å². The van der Waals surface area contributed by atoms with Crippen LogP contribution in [0.4, 0.5) is 4.79 Å². The Morgan fingerprint density at radius 3 is 2.13 bits per heavy atom. The molecule has 0 aromatic rings. The van der Waals surface area contributed by atoms with Crippen molar-refractivity contribution in [2.24, 2.45) is 5.73 Å². The van der Waals surface area contributed by atoms with Crippen LogP contribution in [0, 0.1) is 0 Å². The highest BCUT2D eigenvalue weighted by molar-refractivity contribution is 5.72. The maximum Gasteiger partial charge on any atom is 0.314 e. The van der Waals surface area contributed by atoms with E-state index in [2.05, 4.69) is 5.32 Å². The molecule has 0 aromatic carbocycles. The number of primary amides is 1. The zero-order valence-electron chi connectivity index (χ0n) is 9.24. The normalized spacial score (nSPS) is 24.7. The molecule has 86 valence electrons. The lowest BCUT2D eigenvalue weighted by atomic mass is 10.0. The summed E-state index contributed by atoms with van der Waals surface area (Å²) in [6, 6.07) is 1.06. The van der Waals surface area contributed by atoms with E-state index >= 15 is 0 Å². The van der Waals surface area contributed by atoms with Gasteiger partial charge in [-0.05, 0) is 25.7 Å². The first-order valence-electron chi connectivity index (χ1n) is 6.06. The molecular formula is C11H21N3O. The molecule has 0 atom stereocenters. The van der Waals surface area contributed by atoms with Crippen molar-refractivity contribution < 1.29 is 4.79 Å². The maximum atomic E-state index is 10.9. The maximum absolute atomic E-state index is 10.9. The number of nitrogens with two attached hydrogens (primary N) is 1. The van der Waals surface area contributed by atoms with Gasteiger partial charge in [-0.3, -0.25) is 0 Å². The first-order valence-corrected chi connectivity index (χ1v) is 6.06. The third-order valence-corrected chi connectivity index (χ3v) is 3.63. The van der Waals surface area contributed by atoms with Crippen molar-refractivity contribution in [3.63, 3.8) is 0 Å². The molecule has 0 aromatic heterocycles. The first kappa shape index (κ1) is 10.7. The van der Waals surface area contributed by atoms with E-state index in [1.54, 1.807) is 4.90 Å². The number of hydrogen-bond donors (Lipinski definition) is 2. The minimum absolute atomic E-state index is 0.269. The van der Waals surface area contributed by atoms with Gasteiger partial charge in [0.2, 0.25) is 0 Å². The molecule has 15 heavy (non-hydrogen) atoms. The van der Waals surface area contributed by atoms with E-state index in [1.807, 2.05) is 0 Å². The summed E-state index contributed by atoms with van der Waals surface area (Å²) in [4.78, 5) is 12.7. The molecule has 1 heterocycles. The summed E-state index contributed by atoms with van der Waals surface area (Å²) in [7, 11) is 0. The number of urea groups is 1. The molecule has 0 radical (unpaired) electrons. The van der Waals surface area contributed by atoms with Crippen molar-refractivity contribution in [1.82, 2.24) is 10.2 Å². The third kappa shape index (κ3) is 2.84. The zero-order chi connectivity index (χ0) is 10.7. The molecule has 2 rings (SSSR count). The van der Waals surface area contributed by atoms with Crippen molar-refractivity contribution in [3.05, 3.63) is 0 Å². The number of piperidine rings is 1. The van der Waals surface area contributed by atoms with Gasteiger partial charge in [0.25, 0.3) is 0 Å². The predicted molar refractivity (Wildman–Crippen MR) is 59.6 cm³/mol. The SMILES string of the molecule is NC(=O)N1CCC(NC2CCCC2)CC1. The fraction of sp³-hybridized carbons (Fsp3) is 0.909. The summed E-state index contributed by atoms with van der Waals surface area (Å²) >= 11 is 0. The molecular weight excluding hydrogens is 190 g/mol. The standard InChI is InChI=1S/C11H21N3O/c12-11(15)14-7-5-10(6-8-14)13-9-3-1-2-4-9/h9-10,13H,1-8H2,(H2,12,15). The van der Waals surface area contributed by atoms with Gasteiger partial charge in [-0.25, -0.2) is 4.79 Å². The summed E-state index contributed by atoms with van der Waals surface area (Å²) in [6.45, 7) is 1.64. The Balaban J connectivity index is 1.71. The van der Waals surface area contributed by atoms with Crippen molar-refractivity contribution in [3.8, 4) is 0 Å². The highest BCUT2D eigenvalue weighted by Gasteiger charge is 2.24. The Morgan fingerprint density at radius 1 is 1.07 bits per heavy atom. The minimum atomic E-state index is -0.269. The molecule has 1 aliphatic heterocycles. The number of hydrogen-bond acceptors (Lipinski definition) is 2. The van der Waals surface area contributed by atoms with Gasteiger partial charge < -0.3 is 16.0 Å². The monoisotopic (exact) mass is 211 g/mol. The fourth-order valence-corrected chi connectivity index (χ4v) is 2.69. The van der Waals surface area contributed by atoms with Crippen LogP contribution in [0.3, 0.4) is 0 Å². The molecule has 2 aliphatic rings. The molecule has 1 saturated carbocycles.